The van der Waals surface area contributed by atoms with Gasteiger partial charge in [-0.05, 0) is 11.6 Å². The maximum absolute atomic E-state index is 12.6. The highest BCUT2D eigenvalue weighted by molar-refractivity contribution is 5.69. The predicted octanol–water partition coefficient (Wildman–Crippen LogP) is 1.67. The van der Waals surface area contributed by atoms with Gasteiger partial charge in [0.05, 0.1) is 18.2 Å². The molecule has 0 fully saturated rings. The van der Waals surface area contributed by atoms with E-state index in [2.05, 4.69) is 0 Å². The molecule has 0 bridgehead atoms. The molecule has 3 aromatic rings. The summed E-state index contributed by atoms with van der Waals surface area (Å²) in [5.41, 5.74) is 0.678. The highest BCUT2D eigenvalue weighted by Gasteiger charge is 2.12. The van der Waals surface area contributed by atoms with E-state index in [1.54, 1.807) is 24.3 Å². The van der Waals surface area contributed by atoms with Crippen molar-refractivity contribution in [3.63, 3.8) is 0 Å². The van der Waals surface area contributed by atoms with Gasteiger partial charge in [0, 0.05) is 17.8 Å². The van der Waals surface area contributed by atoms with Gasteiger partial charge in [-0.2, -0.15) is 5.26 Å². The molecule has 0 N–H and O–H groups in total. The number of nitriles is 1. The van der Waals surface area contributed by atoms with Crippen LogP contribution in [0.15, 0.2) is 76.4 Å². The number of carbonyl (C=O) groups is 1. The minimum Gasteiger partial charge on any atom is -0.459 e. The number of nitrogens with zero attached hydrogens (tertiary/aromatic N) is 3. The van der Waals surface area contributed by atoms with Crippen molar-refractivity contribution in [3.05, 3.63) is 104 Å². The zero-order valence-corrected chi connectivity index (χ0v) is 14.9. The number of aromatic nitrogens is 2. The van der Waals surface area contributed by atoms with E-state index in [0.717, 1.165) is 10.1 Å². The molecule has 0 amide bonds. The number of hydrogen-bond donors (Lipinski definition) is 0. The lowest BCUT2D eigenvalue weighted by Crippen LogP contribution is -2.41. The number of esters is 1. The summed E-state index contributed by atoms with van der Waals surface area (Å²) >= 11 is 0. The Morgan fingerprint density at radius 3 is 2.46 bits per heavy atom. The molecule has 0 unspecified atom stereocenters. The minimum atomic E-state index is -0.732. The summed E-state index contributed by atoms with van der Waals surface area (Å²) in [4.78, 5) is 36.8. The topological polar surface area (TPSA) is 94.1 Å². The van der Waals surface area contributed by atoms with E-state index in [9.17, 15) is 14.4 Å². The van der Waals surface area contributed by atoms with Crippen LogP contribution in [-0.2, 0) is 29.2 Å². The van der Waals surface area contributed by atoms with Gasteiger partial charge < -0.3 is 4.74 Å². The van der Waals surface area contributed by atoms with E-state index >= 15 is 0 Å². The first kappa shape index (κ1) is 18.9. The van der Waals surface area contributed by atoms with E-state index in [4.69, 9.17) is 10.00 Å². The molecule has 0 aliphatic carbocycles. The average Bonchev–Trinajstić information content (AvgIpc) is 2.72. The fourth-order valence-corrected chi connectivity index (χ4v) is 2.69. The fourth-order valence-electron chi connectivity index (χ4n) is 2.69. The smallest absolute Gasteiger partial charge is 0.331 e. The zero-order valence-electron chi connectivity index (χ0n) is 14.9. The quantitative estimate of drug-likeness (QED) is 0.611. The van der Waals surface area contributed by atoms with Crippen molar-refractivity contribution in [2.24, 2.45) is 0 Å². The minimum absolute atomic E-state index is 0.109. The van der Waals surface area contributed by atoms with Gasteiger partial charge in [-0.1, -0.05) is 48.5 Å². The average molecular weight is 375 g/mol. The van der Waals surface area contributed by atoms with Crippen LogP contribution < -0.4 is 11.2 Å². The summed E-state index contributed by atoms with van der Waals surface area (Å²) in [5.74, 6) is -0.732. The molecule has 28 heavy (non-hydrogen) atoms. The highest BCUT2D eigenvalue weighted by atomic mass is 16.5. The van der Waals surface area contributed by atoms with Gasteiger partial charge in [0.1, 0.15) is 13.2 Å². The lowest BCUT2D eigenvalue weighted by atomic mass is 10.1. The Labute approximate surface area is 160 Å². The predicted molar refractivity (Wildman–Crippen MR) is 101 cm³/mol. The van der Waals surface area contributed by atoms with Crippen LogP contribution in [0.1, 0.15) is 16.7 Å². The Morgan fingerprint density at radius 2 is 1.71 bits per heavy atom. The molecule has 0 atom stereocenters. The van der Waals surface area contributed by atoms with Gasteiger partial charge in [0.2, 0.25) is 0 Å². The number of hydrogen-bond acceptors (Lipinski definition) is 5. The van der Waals surface area contributed by atoms with Crippen LogP contribution in [0.5, 0.6) is 0 Å². The van der Waals surface area contributed by atoms with Crippen molar-refractivity contribution in [1.82, 2.24) is 9.13 Å². The van der Waals surface area contributed by atoms with Crippen molar-refractivity contribution in [3.8, 4) is 6.07 Å². The van der Waals surface area contributed by atoms with Gasteiger partial charge in [-0.25, -0.2) is 9.36 Å². The molecule has 3 rings (SSSR count). The summed E-state index contributed by atoms with van der Waals surface area (Å²) in [5, 5.41) is 9.06. The zero-order chi connectivity index (χ0) is 19.9. The molecule has 1 aromatic heterocycles. The fraction of sp³-hybridized carbons (Fsp3) is 0.143. The van der Waals surface area contributed by atoms with Crippen LogP contribution >= 0.6 is 0 Å². The monoisotopic (exact) mass is 375 g/mol. The molecule has 0 spiro atoms. The van der Waals surface area contributed by atoms with Crippen LogP contribution in [0.4, 0.5) is 0 Å². The normalized spacial score (nSPS) is 10.2. The molecule has 0 saturated heterocycles. The van der Waals surface area contributed by atoms with E-state index in [1.807, 2.05) is 36.4 Å². The summed E-state index contributed by atoms with van der Waals surface area (Å²) < 4.78 is 7.34. The number of rotatable bonds is 6. The van der Waals surface area contributed by atoms with Crippen LogP contribution in [0.3, 0.4) is 0 Å². The molecule has 1 heterocycles. The van der Waals surface area contributed by atoms with Crippen LogP contribution in [-0.4, -0.2) is 15.1 Å². The maximum atomic E-state index is 12.6. The van der Waals surface area contributed by atoms with E-state index < -0.39 is 23.8 Å². The first-order valence-electron chi connectivity index (χ1n) is 8.56. The maximum Gasteiger partial charge on any atom is 0.331 e. The molecule has 0 saturated carbocycles. The lowest BCUT2D eigenvalue weighted by molar-refractivity contribution is -0.145. The lowest BCUT2D eigenvalue weighted by Gasteiger charge is -2.10. The third-order valence-electron chi connectivity index (χ3n) is 4.15. The first-order chi connectivity index (χ1) is 13.6. The molecule has 0 radical (unpaired) electrons. The van der Waals surface area contributed by atoms with Gasteiger partial charge in [0.15, 0.2) is 0 Å². The summed E-state index contributed by atoms with van der Waals surface area (Å²) in [7, 11) is 0. The first-order valence-corrected chi connectivity index (χ1v) is 8.56. The van der Waals surface area contributed by atoms with Crippen molar-refractivity contribution in [2.45, 2.75) is 19.7 Å². The van der Waals surface area contributed by atoms with Gasteiger partial charge in [-0.3, -0.25) is 14.2 Å². The summed E-state index contributed by atoms with van der Waals surface area (Å²) in [6, 6.07) is 19.3. The summed E-state index contributed by atoms with van der Waals surface area (Å²) in [6.45, 7) is -0.324. The summed E-state index contributed by atoms with van der Waals surface area (Å²) in [6.07, 6.45) is 1.41. The third-order valence-corrected chi connectivity index (χ3v) is 4.15. The van der Waals surface area contributed by atoms with Gasteiger partial charge in [0.25, 0.3) is 5.56 Å². The van der Waals surface area contributed by atoms with Crippen LogP contribution in [0, 0.1) is 11.3 Å². The standard InChI is InChI=1S/C21H17N3O4/c22-12-17-8-4-5-9-18(17)15-28-20(26)14-24-19(25)10-11-23(21(24)27)13-16-6-2-1-3-7-16/h1-11H,13-15H2. The van der Waals surface area contributed by atoms with Crippen LogP contribution in [0.2, 0.25) is 0 Å². The number of ether oxygens (including phenoxy) is 1. The number of benzene rings is 2. The van der Waals surface area contributed by atoms with Gasteiger partial charge in [-0.15, -0.1) is 0 Å². The Bertz CT molecular complexity index is 1140. The molecule has 7 nitrogen and oxygen atoms in total. The van der Waals surface area contributed by atoms with Gasteiger partial charge >= 0.3 is 11.7 Å². The molecular formula is C21H17N3O4. The third kappa shape index (κ3) is 4.43. The van der Waals surface area contributed by atoms with Crippen molar-refractivity contribution in [2.75, 3.05) is 0 Å². The Hall–Kier alpha value is -3.92. The molecule has 0 aliphatic heterocycles. The second-order valence-corrected chi connectivity index (χ2v) is 6.07. The SMILES string of the molecule is N#Cc1ccccc1COC(=O)Cn1c(=O)ccn(Cc2ccccc2)c1=O. The molecular weight excluding hydrogens is 358 g/mol. The molecule has 2 aromatic carbocycles. The Morgan fingerprint density at radius 1 is 1.00 bits per heavy atom. The number of carbonyl (C=O) groups excluding carboxylic acids is 1. The Kier molecular flexibility index (Phi) is 5.82. The second kappa shape index (κ2) is 8.64. The Balaban J connectivity index is 1.74. The van der Waals surface area contributed by atoms with Crippen LogP contribution in [0.25, 0.3) is 0 Å². The largest absolute Gasteiger partial charge is 0.459 e. The van der Waals surface area contributed by atoms with E-state index in [1.165, 1.54) is 16.8 Å². The highest BCUT2D eigenvalue weighted by Crippen LogP contribution is 2.08. The van der Waals surface area contributed by atoms with E-state index in [-0.39, 0.29) is 13.2 Å². The van der Waals surface area contributed by atoms with E-state index in [0.29, 0.717) is 11.1 Å². The van der Waals surface area contributed by atoms with Crippen molar-refractivity contribution >= 4 is 5.97 Å². The molecule has 0 aliphatic rings. The van der Waals surface area contributed by atoms with Crippen molar-refractivity contribution in [1.29, 1.82) is 5.26 Å². The van der Waals surface area contributed by atoms with Crippen molar-refractivity contribution < 1.29 is 9.53 Å². The molecule has 7 heteroatoms. The molecule has 140 valence electrons. The second-order valence-electron chi connectivity index (χ2n) is 6.07.